The Morgan fingerprint density at radius 3 is 2.44 bits per heavy atom. The molecule has 0 saturated heterocycles. The van der Waals surface area contributed by atoms with Crippen molar-refractivity contribution in [3.8, 4) is 0 Å². The van der Waals surface area contributed by atoms with E-state index in [4.69, 9.17) is 5.73 Å². The van der Waals surface area contributed by atoms with Crippen LogP contribution in [0.3, 0.4) is 0 Å². The SMILES string of the molecule is NCCC(=O)c1cccc(C(F)(F)F)c1F. The zero-order valence-corrected chi connectivity index (χ0v) is 8.14. The number of halogens is 4. The predicted molar refractivity (Wildman–Crippen MR) is 49.4 cm³/mol. The molecule has 16 heavy (non-hydrogen) atoms. The molecular weight excluding hydrogens is 226 g/mol. The highest BCUT2D eigenvalue weighted by Gasteiger charge is 2.35. The first-order valence-electron chi connectivity index (χ1n) is 4.47. The smallest absolute Gasteiger partial charge is 0.330 e. The molecule has 1 aromatic carbocycles. The number of nitrogens with two attached hydrogens (primary N) is 1. The van der Waals surface area contributed by atoms with Crippen LogP contribution in [0, 0.1) is 5.82 Å². The molecule has 88 valence electrons. The molecule has 0 unspecified atom stereocenters. The molecule has 2 N–H and O–H groups in total. The molecule has 0 aliphatic carbocycles. The Morgan fingerprint density at radius 2 is 1.94 bits per heavy atom. The fraction of sp³-hybridized carbons (Fsp3) is 0.300. The third-order valence-electron chi connectivity index (χ3n) is 1.98. The van der Waals surface area contributed by atoms with Crippen LogP contribution in [-0.2, 0) is 6.18 Å². The molecule has 0 bridgehead atoms. The van der Waals surface area contributed by atoms with E-state index in [1.165, 1.54) is 0 Å². The Labute approximate surface area is 89.1 Å². The second-order valence-electron chi connectivity index (χ2n) is 3.13. The minimum absolute atomic E-state index is 0.0332. The van der Waals surface area contributed by atoms with Crippen molar-refractivity contribution in [1.29, 1.82) is 0 Å². The molecule has 0 radical (unpaired) electrons. The Hall–Kier alpha value is -1.43. The number of benzene rings is 1. The zero-order chi connectivity index (χ0) is 12.3. The summed E-state index contributed by atoms with van der Waals surface area (Å²) in [7, 11) is 0. The Morgan fingerprint density at radius 1 is 1.31 bits per heavy atom. The maximum atomic E-state index is 13.4. The van der Waals surface area contributed by atoms with Gasteiger partial charge < -0.3 is 5.73 Å². The second kappa shape index (κ2) is 4.61. The summed E-state index contributed by atoms with van der Waals surface area (Å²) in [4.78, 5) is 11.3. The van der Waals surface area contributed by atoms with Crippen molar-refractivity contribution in [3.63, 3.8) is 0 Å². The molecule has 0 aliphatic rings. The van der Waals surface area contributed by atoms with E-state index in [1.54, 1.807) is 0 Å². The van der Waals surface area contributed by atoms with E-state index in [0.717, 1.165) is 12.1 Å². The van der Waals surface area contributed by atoms with E-state index in [9.17, 15) is 22.4 Å². The highest BCUT2D eigenvalue weighted by Crippen LogP contribution is 2.32. The van der Waals surface area contributed by atoms with Gasteiger partial charge >= 0.3 is 6.18 Å². The van der Waals surface area contributed by atoms with Gasteiger partial charge in [-0.25, -0.2) is 4.39 Å². The van der Waals surface area contributed by atoms with Crippen LogP contribution in [0.2, 0.25) is 0 Å². The van der Waals surface area contributed by atoms with Gasteiger partial charge in [-0.3, -0.25) is 4.79 Å². The van der Waals surface area contributed by atoms with Crippen molar-refractivity contribution in [2.45, 2.75) is 12.6 Å². The molecule has 0 amide bonds. The monoisotopic (exact) mass is 235 g/mol. The van der Waals surface area contributed by atoms with Crippen LogP contribution in [0.25, 0.3) is 0 Å². The number of alkyl halides is 3. The van der Waals surface area contributed by atoms with Gasteiger partial charge in [-0.1, -0.05) is 6.07 Å². The van der Waals surface area contributed by atoms with E-state index in [2.05, 4.69) is 0 Å². The summed E-state index contributed by atoms with van der Waals surface area (Å²) in [6.45, 7) is -0.0332. The molecule has 1 rings (SSSR count). The summed E-state index contributed by atoms with van der Waals surface area (Å²) in [5, 5.41) is 0. The summed E-state index contributed by atoms with van der Waals surface area (Å²) in [6.07, 6.45) is -4.98. The molecule has 0 heterocycles. The van der Waals surface area contributed by atoms with Crippen LogP contribution in [0.1, 0.15) is 22.3 Å². The third kappa shape index (κ3) is 2.57. The maximum absolute atomic E-state index is 13.4. The first kappa shape index (κ1) is 12.6. The molecule has 2 nitrogen and oxygen atoms in total. The maximum Gasteiger partial charge on any atom is 0.419 e. The average molecular weight is 235 g/mol. The first-order chi connectivity index (χ1) is 7.38. The largest absolute Gasteiger partial charge is 0.419 e. The van der Waals surface area contributed by atoms with Gasteiger partial charge in [0, 0.05) is 6.42 Å². The highest BCUT2D eigenvalue weighted by atomic mass is 19.4. The number of carbonyl (C=O) groups excluding carboxylic acids is 1. The topological polar surface area (TPSA) is 43.1 Å². The first-order valence-corrected chi connectivity index (χ1v) is 4.47. The van der Waals surface area contributed by atoms with E-state index >= 15 is 0 Å². The van der Waals surface area contributed by atoms with Gasteiger partial charge in [0.1, 0.15) is 5.82 Å². The van der Waals surface area contributed by atoms with Gasteiger partial charge in [-0.15, -0.1) is 0 Å². The van der Waals surface area contributed by atoms with E-state index in [-0.39, 0.29) is 13.0 Å². The number of ketones is 1. The lowest BCUT2D eigenvalue weighted by atomic mass is 10.0. The quantitative estimate of drug-likeness (QED) is 0.645. The second-order valence-corrected chi connectivity index (χ2v) is 3.13. The van der Waals surface area contributed by atoms with Gasteiger partial charge in [-0.2, -0.15) is 13.2 Å². The number of hydrogen-bond donors (Lipinski definition) is 1. The van der Waals surface area contributed by atoms with E-state index < -0.39 is 28.9 Å². The molecule has 0 atom stereocenters. The van der Waals surface area contributed by atoms with Crippen LogP contribution in [0.4, 0.5) is 17.6 Å². The van der Waals surface area contributed by atoms with Gasteiger partial charge in [0.2, 0.25) is 0 Å². The Bertz CT molecular complexity index is 400. The van der Waals surface area contributed by atoms with E-state index in [0.29, 0.717) is 6.07 Å². The number of Topliss-reactive ketones (excluding diaryl/α,β-unsaturated/α-hetero) is 1. The van der Waals surface area contributed by atoms with Gasteiger partial charge in [0.25, 0.3) is 0 Å². The van der Waals surface area contributed by atoms with Crippen molar-refractivity contribution in [1.82, 2.24) is 0 Å². The van der Waals surface area contributed by atoms with Gasteiger partial charge in [0.15, 0.2) is 5.78 Å². The third-order valence-corrected chi connectivity index (χ3v) is 1.98. The van der Waals surface area contributed by atoms with Crippen molar-refractivity contribution >= 4 is 5.78 Å². The van der Waals surface area contributed by atoms with E-state index in [1.807, 2.05) is 0 Å². The summed E-state index contributed by atoms with van der Waals surface area (Å²) in [5.74, 6) is -2.26. The summed E-state index contributed by atoms with van der Waals surface area (Å²) in [5.41, 5.74) is 3.07. The summed E-state index contributed by atoms with van der Waals surface area (Å²) in [6, 6.07) is 2.60. The van der Waals surface area contributed by atoms with Crippen LogP contribution < -0.4 is 5.73 Å². The fourth-order valence-corrected chi connectivity index (χ4v) is 1.23. The lowest BCUT2D eigenvalue weighted by molar-refractivity contribution is -0.140. The van der Waals surface area contributed by atoms with Crippen LogP contribution in [0.15, 0.2) is 18.2 Å². The number of hydrogen-bond acceptors (Lipinski definition) is 2. The lowest BCUT2D eigenvalue weighted by Gasteiger charge is -2.10. The molecule has 0 aliphatic heterocycles. The molecule has 0 saturated carbocycles. The number of carbonyl (C=O) groups is 1. The standard InChI is InChI=1S/C10H9F4NO/c11-9-6(8(16)4-5-15)2-1-3-7(9)10(12,13)14/h1-3H,4-5,15H2. The van der Waals surface area contributed by atoms with Crippen molar-refractivity contribution < 1.29 is 22.4 Å². The van der Waals surface area contributed by atoms with Crippen LogP contribution in [0.5, 0.6) is 0 Å². The lowest BCUT2D eigenvalue weighted by Crippen LogP contribution is -2.14. The Kier molecular flexibility index (Phi) is 3.64. The minimum Gasteiger partial charge on any atom is -0.330 e. The predicted octanol–water partition coefficient (Wildman–Crippen LogP) is 2.38. The van der Waals surface area contributed by atoms with Crippen LogP contribution >= 0.6 is 0 Å². The molecule has 0 spiro atoms. The molecule has 1 aromatic rings. The summed E-state index contributed by atoms with van der Waals surface area (Å²) >= 11 is 0. The van der Waals surface area contributed by atoms with Crippen LogP contribution in [-0.4, -0.2) is 12.3 Å². The molecular formula is C10H9F4NO. The normalized spacial score (nSPS) is 11.6. The Balaban J connectivity index is 3.19. The average Bonchev–Trinajstić information content (AvgIpc) is 2.16. The number of rotatable bonds is 3. The fourth-order valence-electron chi connectivity index (χ4n) is 1.23. The summed E-state index contributed by atoms with van der Waals surface area (Å²) < 4.78 is 50.3. The molecule has 0 fully saturated rings. The zero-order valence-electron chi connectivity index (χ0n) is 8.14. The van der Waals surface area contributed by atoms with Gasteiger partial charge in [-0.05, 0) is 18.7 Å². The van der Waals surface area contributed by atoms with Crippen molar-refractivity contribution in [2.24, 2.45) is 5.73 Å². The van der Waals surface area contributed by atoms with Gasteiger partial charge in [0.05, 0.1) is 11.1 Å². The minimum atomic E-state index is -4.80. The molecule has 6 heteroatoms. The molecule has 0 aromatic heterocycles. The highest BCUT2D eigenvalue weighted by molar-refractivity contribution is 5.96. The van der Waals surface area contributed by atoms with Crippen molar-refractivity contribution in [3.05, 3.63) is 35.1 Å². The van der Waals surface area contributed by atoms with Crippen molar-refractivity contribution in [2.75, 3.05) is 6.54 Å².